The largest absolute Gasteiger partial charge is 0.373 e. The molecular weight excluding hydrogens is 304 g/mol. The Morgan fingerprint density at radius 2 is 2.00 bits per heavy atom. The number of thiophene rings is 1. The maximum absolute atomic E-state index is 5.94. The molecule has 0 fully saturated rings. The lowest BCUT2D eigenvalue weighted by Crippen LogP contribution is -2.30. The molecule has 1 unspecified atom stereocenters. The number of anilines is 1. The Labute approximate surface area is 141 Å². The lowest BCUT2D eigenvalue weighted by molar-refractivity contribution is 0.668. The summed E-state index contributed by atoms with van der Waals surface area (Å²) in [5, 5.41) is 9.05. The van der Waals surface area contributed by atoms with Crippen molar-refractivity contribution in [2.24, 2.45) is 5.73 Å². The van der Waals surface area contributed by atoms with Gasteiger partial charge in [-0.05, 0) is 37.1 Å². The van der Waals surface area contributed by atoms with E-state index in [0.717, 1.165) is 23.7 Å². The zero-order valence-corrected chi connectivity index (χ0v) is 14.1. The average molecular weight is 326 g/mol. The van der Waals surface area contributed by atoms with Crippen molar-refractivity contribution in [1.82, 2.24) is 9.78 Å². The van der Waals surface area contributed by atoms with E-state index in [4.69, 9.17) is 5.73 Å². The third-order valence-electron chi connectivity index (χ3n) is 3.83. The van der Waals surface area contributed by atoms with Gasteiger partial charge in [0.05, 0.1) is 15.6 Å². The lowest BCUT2D eigenvalue weighted by Gasteiger charge is -2.16. The Balaban J connectivity index is 1.70. The normalized spacial score (nSPS) is 12.3. The molecule has 2 aromatic heterocycles. The highest BCUT2D eigenvalue weighted by atomic mass is 32.1. The number of hydrogen-bond acceptors (Lipinski definition) is 4. The monoisotopic (exact) mass is 326 g/mol. The summed E-state index contributed by atoms with van der Waals surface area (Å²) in [6, 6.07) is 17.0. The van der Waals surface area contributed by atoms with E-state index in [0.29, 0.717) is 6.54 Å². The Morgan fingerprint density at radius 3 is 2.74 bits per heavy atom. The van der Waals surface area contributed by atoms with Crippen LogP contribution in [0.2, 0.25) is 0 Å². The number of benzene rings is 1. The fraction of sp³-hybridized carbons (Fsp3) is 0.278. The van der Waals surface area contributed by atoms with Gasteiger partial charge in [0.15, 0.2) is 0 Å². The predicted molar refractivity (Wildman–Crippen MR) is 97.8 cm³/mol. The van der Waals surface area contributed by atoms with Crippen molar-refractivity contribution in [3.05, 3.63) is 60.3 Å². The van der Waals surface area contributed by atoms with Crippen molar-refractivity contribution in [1.29, 1.82) is 0 Å². The topological polar surface area (TPSA) is 55.9 Å². The van der Waals surface area contributed by atoms with E-state index >= 15 is 0 Å². The van der Waals surface area contributed by atoms with Crippen molar-refractivity contribution in [3.8, 4) is 10.6 Å². The maximum Gasteiger partial charge on any atom is 0.0892 e. The molecule has 0 spiro atoms. The van der Waals surface area contributed by atoms with Crippen LogP contribution >= 0.6 is 11.3 Å². The van der Waals surface area contributed by atoms with Crippen LogP contribution in [0.4, 0.5) is 5.00 Å². The van der Waals surface area contributed by atoms with Crippen molar-refractivity contribution in [2.45, 2.75) is 25.9 Å². The summed E-state index contributed by atoms with van der Waals surface area (Å²) in [6.45, 7) is 3.59. The van der Waals surface area contributed by atoms with Crippen molar-refractivity contribution in [3.63, 3.8) is 0 Å². The van der Waals surface area contributed by atoms with Gasteiger partial charge in [0, 0.05) is 25.3 Å². The molecule has 2 heterocycles. The number of nitrogens with two attached hydrogens (primary N) is 1. The number of rotatable bonds is 7. The van der Waals surface area contributed by atoms with Crippen LogP contribution < -0.4 is 11.1 Å². The van der Waals surface area contributed by atoms with Crippen molar-refractivity contribution < 1.29 is 0 Å². The van der Waals surface area contributed by atoms with Gasteiger partial charge in [-0.15, -0.1) is 11.3 Å². The zero-order valence-electron chi connectivity index (χ0n) is 13.3. The van der Waals surface area contributed by atoms with Crippen LogP contribution in [-0.2, 0) is 13.0 Å². The molecule has 1 aromatic carbocycles. The molecule has 5 heteroatoms. The van der Waals surface area contributed by atoms with Crippen LogP contribution in [-0.4, -0.2) is 22.4 Å². The first kappa shape index (κ1) is 15.8. The Hall–Kier alpha value is -2.11. The van der Waals surface area contributed by atoms with Gasteiger partial charge in [-0.2, -0.15) is 5.10 Å². The molecule has 0 saturated carbocycles. The van der Waals surface area contributed by atoms with Crippen LogP contribution in [0, 0.1) is 0 Å². The van der Waals surface area contributed by atoms with Gasteiger partial charge < -0.3 is 11.1 Å². The molecule has 23 heavy (non-hydrogen) atoms. The first-order valence-corrected chi connectivity index (χ1v) is 8.74. The molecule has 0 aliphatic carbocycles. The minimum absolute atomic E-state index is 0.236. The first-order chi connectivity index (χ1) is 11.3. The molecule has 120 valence electrons. The number of nitrogens with one attached hydrogen (secondary N) is 1. The summed E-state index contributed by atoms with van der Waals surface area (Å²) >= 11 is 1.75. The third kappa shape index (κ3) is 3.81. The molecule has 0 aliphatic rings. The predicted octanol–water partition coefficient (Wildman–Crippen LogP) is 3.61. The van der Waals surface area contributed by atoms with Crippen LogP contribution in [0.5, 0.6) is 0 Å². The fourth-order valence-electron chi connectivity index (χ4n) is 2.64. The average Bonchev–Trinajstić information content (AvgIpc) is 3.23. The lowest BCUT2D eigenvalue weighted by atomic mass is 10.1. The molecule has 0 amide bonds. The number of aromatic nitrogens is 2. The third-order valence-corrected chi connectivity index (χ3v) is 4.87. The van der Waals surface area contributed by atoms with Gasteiger partial charge in [0.1, 0.15) is 0 Å². The van der Waals surface area contributed by atoms with E-state index in [1.54, 1.807) is 11.3 Å². The molecule has 0 aliphatic heterocycles. The summed E-state index contributed by atoms with van der Waals surface area (Å²) in [5.74, 6) is 0. The summed E-state index contributed by atoms with van der Waals surface area (Å²) in [4.78, 5) is 1.22. The molecule has 3 aromatic rings. The van der Waals surface area contributed by atoms with Gasteiger partial charge >= 0.3 is 0 Å². The van der Waals surface area contributed by atoms with Crippen molar-refractivity contribution in [2.75, 3.05) is 11.9 Å². The highest BCUT2D eigenvalue weighted by Crippen LogP contribution is 2.31. The van der Waals surface area contributed by atoms with E-state index in [1.165, 1.54) is 10.4 Å². The minimum Gasteiger partial charge on any atom is -0.373 e. The van der Waals surface area contributed by atoms with Crippen LogP contribution in [0.25, 0.3) is 10.6 Å². The van der Waals surface area contributed by atoms with Gasteiger partial charge in [-0.25, -0.2) is 0 Å². The van der Waals surface area contributed by atoms with Gasteiger partial charge in [-0.3, -0.25) is 4.68 Å². The summed E-state index contributed by atoms with van der Waals surface area (Å²) in [5.41, 5.74) is 8.41. The Kier molecular flexibility index (Phi) is 5.10. The smallest absolute Gasteiger partial charge is 0.0892 e. The van der Waals surface area contributed by atoms with E-state index < -0.39 is 0 Å². The van der Waals surface area contributed by atoms with Crippen LogP contribution in [0.3, 0.4) is 0 Å². The standard InChI is InChI=1S/C18H22N4S/c1-2-22-16(10-11-20-22)17-8-9-18(23-17)21-15(13-19)12-14-6-4-3-5-7-14/h3-11,15,21H,2,12-13,19H2,1H3. The summed E-state index contributed by atoms with van der Waals surface area (Å²) in [6.07, 6.45) is 2.78. The molecule has 0 saturated heterocycles. The summed E-state index contributed by atoms with van der Waals surface area (Å²) in [7, 11) is 0. The number of hydrogen-bond donors (Lipinski definition) is 2. The second-order valence-corrected chi connectivity index (χ2v) is 6.55. The summed E-state index contributed by atoms with van der Waals surface area (Å²) < 4.78 is 2.01. The van der Waals surface area contributed by atoms with Gasteiger partial charge in [-0.1, -0.05) is 30.3 Å². The Morgan fingerprint density at radius 1 is 1.17 bits per heavy atom. The van der Waals surface area contributed by atoms with E-state index in [-0.39, 0.29) is 6.04 Å². The second kappa shape index (κ2) is 7.44. The number of nitrogens with zero attached hydrogens (tertiary/aromatic N) is 2. The second-order valence-electron chi connectivity index (χ2n) is 5.46. The highest BCUT2D eigenvalue weighted by Gasteiger charge is 2.11. The molecule has 0 bridgehead atoms. The maximum atomic E-state index is 5.94. The molecular formula is C18H22N4S. The molecule has 0 radical (unpaired) electrons. The first-order valence-electron chi connectivity index (χ1n) is 7.92. The SMILES string of the molecule is CCn1nccc1-c1ccc(NC(CN)Cc2ccccc2)s1. The van der Waals surface area contributed by atoms with E-state index in [9.17, 15) is 0 Å². The van der Waals surface area contributed by atoms with E-state index in [2.05, 4.69) is 59.8 Å². The minimum atomic E-state index is 0.236. The van der Waals surface area contributed by atoms with Crippen LogP contribution in [0.1, 0.15) is 12.5 Å². The quantitative estimate of drug-likeness (QED) is 0.697. The van der Waals surface area contributed by atoms with E-state index in [1.807, 2.05) is 16.9 Å². The fourth-order valence-corrected chi connectivity index (χ4v) is 3.65. The van der Waals surface area contributed by atoms with Gasteiger partial charge in [0.25, 0.3) is 0 Å². The molecule has 1 atom stereocenters. The Bertz CT molecular complexity index is 732. The highest BCUT2D eigenvalue weighted by molar-refractivity contribution is 7.19. The van der Waals surface area contributed by atoms with Gasteiger partial charge in [0.2, 0.25) is 0 Å². The van der Waals surface area contributed by atoms with Crippen molar-refractivity contribution >= 4 is 16.3 Å². The molecule has 4 nitrogen and oxygen atoms in total. The zero-order chi connectivity index (χ0) is 16.1. The number of aryl methyl sites for hydroxylation is 1. The molecule has 3 rings (SSSR count). The van der Waals surface area contributed by atoms with Crippen LogP contribution in [0.15, 0.2) is 54.7 Å². The molecule has 3 N–H and O–H groups in total.